The summed E-state index contributed by atoms with van der Waals surface area (Å²) in [7, 11) is 0.556. The summed E-state index contributed by atoms with van der Waals surface area (Å²) in [6.07, 6.45) is -0.464. The van der Waals surface area contributed by atoms with Crippen LogP contribution in [0.2, 0.25) is 0 Å². The lowest BCUT2D eigenvalue weighted by Crippen LogP contribution is -2.41. The molecule has 0 N–H and O–H groups in total. The standard InChI is InChI=1S/C12H18BNO3/c1-11(2)12(3,4)17-13(16-11)9-8-14-7-6-10(9)15-5/h6-8H,1-5H3/i6D,7D,8D. The van der Waals surface area contributed by atoms with Gasteiger partial charge in [0.15, 0.2) is 0 Å². The van der Waals surface area contributed by atoms with Crippen molar-refractivity contribution in [3.8, 4) is 5.75 Å². The fourth-order valence-corrected chi connectivity index (χ4v) is 1.57. The minimum atomic E-state index is -0.834. The minimum Gasteiger partial charge on any atom is -0.497 e. The highest BCUT2D eigenvalue weighted by Crippen LogP contribution is 2.36. The average Bonchev–Trinajstić information content (AvgIpc) is 2.52. The molecule has 1 aromatic heterocycles. The molecule has 1 fully saturated rings. The summed E-state index contributed by atoms with van der Waals surface area (Å²) in [4.78, 5) is 3.73. The molecule has 0 saturated carbocycles. The third-order valence-corrected chi connectivity index (χ3v) is 3.34. The van der Waals surface area contributed by atoms with E-state index in [9.17, 15) is 0 Å². The molecule has 0 spiro atoms. The minimum absolute atomic E-state index is 0.105. The fraction of sp³-hybridized carbons (Fsp3) is 0.583. The maximum Gasteiger partial charge on any atom is 0.500 e. The van der Waals surface area contributed by atoms with Crippen LogP contribution in [0.3, 0.4) is 0 Å². The molecule has 0 amide bonds. The van der Waals surface area contributed by atoms with E-state index >= 15 is 0 Å². The molecule has 1 aromatic rings. The van der Waals surface area contributed by atoms with E-state index in [1.807, 2.05) is 27.7 Å². The van der Waals surface area contributed by atoms with Gasteiger partial charge in [-0.05, 0) is 33.7 Å². The molecule has 0 atom stereocenters. The molecule has 1 saturated heterocycles. The molecule has 0 radical (unpaired) electrons. The second-order valence-electron chi connectivity index (χ2n) is 5.00. The van der Waals surface area contributed by atoms with Crippen molar-refractivity contribution in [3.05, 3.63) is 18.4 Å². The highest BCUT2D eigenvalue weighted by Gasteiger charge is 2.52. The molecular weight excluding hydrogens is 217 g/mol. The zero-order chi connectivity index (χ0) is 15.3. The van der Waals surface area contributed by atoms with Gasteiger partial charge in [0.2, 0.25) is 0 Å². The quantitative estimate of drug-likeness (QED) is 0.730. The van der Waals surface area contributed by atoms with Crippen molar-refractivity contribution in [2.24, 2.45) is 0 Å². The van der Waals surface area contributed by atoms with Gasteiger partial charge in [0.25, 0.3) is 0 Å². The number of nitrogens with zero attached hydrogens (tertiary/aromatic N) is 1. The third-order valence-electron chi connectivity index (χ3n) is 3.34. The highest BCUT2D eigenvalue weighted by atomic mass is 16.7. The molecule has 1 aliphatic heterocycles. The molecule has 92 valence electrons. The van der Waals surface area contributed by atoms with Gasteiger partial charge >= 0.3 is 7.12 Å². The summed E-state index contributed by atoms with van der Waals surface area (Å²) >= 11 is 0. The lowest BCUT2D eigenvalue weighted by atomic mass is 9.79. The van der Waals surface area contributed by atoms with Crippen molar-refractivity contribution in [2.45, 2.75) is 38.9 Å². The Bertz CT molecular complexity index is 535. The summed E-state index contributed by atoms with van der Waals surface area (Å²) < 4.78 is 40.2. The Morgan fingerprint density at radius 1 is 1.29 bits per heavy atom. The van der Waals surface area contributed by atoms with Crippen molar-refractivity contribution in [3.63, 3.8) is 0 Å². The fourth-order valence-electron chi connectivity index (χ4n) is 1.57. The smallest absolute Gasteiger partial charge is 0.497 e. The lowest BCUT2D eigenvalue weighted by Gasteiger charge is -2.32. The second kappa shape index (κ2) is 4.00. The maximum atomic E-state index is 7.92. The number of rotatable bonds is 2. The van der Waals surface area contributed by atoms with Crippen LogP contribution in [-0.2, 0) is 9.31 Å². The van der Waals surface area contributed by atoms with Crippen LogP contribution in [0.25, 0.3) is 0 Å². The molecule has 2 rings (SSSR count). The van der Waals surface area contributed by atoms with Gasteiger partial charge in [-0.25, -0.2) is 0 Å². The maximum absolute atomic E-state index is 7.92. The van der Waals surface area contributed by atoms with E-state index in [0.717, 1.165) is 0 Å². The molecule has 2 heterocycles. The normalized spacial score (nSPS) is 24.1. The van der Waals surface area contributed by atoms with Crippen molar-refractivity contribution in [1.82, 2.24) is 4.98 Å². The van der Waals surface area contributed by atoms with E-state index < -0.39 is 18.3 Å². The van der Waals surface area contributed by atoms with Crippen LogP contribution in [0.1, 0.15) is 31.8 Å². The zero-order valence-corrected chi connectivity index (χ0v) is 10.7. The number of hydrogen-bond acceptors (Lipinski definition) is 4. The Balaban J connectivity index is 2.53. The van der Waals surface area contributed by atoms with E-state index in [-0.39, 0.29) is 29.6 Å². The van der Waals surface area contributed by atoms with Crippen LogP contribution in [0, 0.1) is 0 Å². The van der Waals surface area contributed by atoms with Crippen LogP contribution >= 0.6 is 0 Å². The molecule has 1 aliphatic rings. The van der Waals surface area contributed by atoms with Gasteiger partial charge in [-0.3, -0.25) is 4.98 Å². The van der Waals surface area contributed by atoms with Gasteiger partial charge in [-0.1, -0.05) is 0 Å². The molecule has 4 nitrogen and oxygen atoms in total. The van der Waals surface area contributed by atoms with Crippen molar-refractivity contribution in [2.75, 3.05) is 7.11 Å². The SMILES string of the molecule is [2H]c1nc([2H])c(B2OC(C)(C)C(C)(C)O2)c(OC)c1[2H]. The van der Waals surface area contributed by atoms with Gasteiger partial charge in [-0.15, -0.1) is 0 Å². The molecule has 0 aliphatic carbocycles. The predicted octanol–water partition coefficient (Wildman–Crippen LogP) is 1.39. The summed E-state index contributed by atoms with van der Waals surface area (Å²) in [5.41, 5.74) is -0.861. The first-order valence-electron chi connectivity index (χ1n) is 6.98. The first-order chi connectivity index (χ1) is 9.10. The number of hydrogen-bond donors (Lipinski definition) is 0. The van der Waals surface area contributed by atoms with Crippen LogP contribution < -0.4 is 10.2 Å². The summed E-state index contributed by atoms with van der Waals surface area (Å²) in [6, 6.07) is -0.173. The first kappa shape index (κ1) is 8.94. The van der Waals surface area contributed by atoms with Crippen molar-refractivity contribution < 1.29 is 18.2 Å². The lowest BCUT2D eigenvalue weighted by molar-refractivity contribution is 0.00578. The number of pyridine rings is 1. The molecular formula is C12H18BNO3. The van der Waals surface area contributed by atoms with E-state index in [1.165, 1.54) is 7.11 Å². The zero-order valence-electron chi connectivity index (χ0n) is 13.7. The molecule has 5 heteroatoms. The van der Waals surface area contributed by atoms with E-state index in [2.05, 4.69) is 4.98 Å². The molecule has 0 unspecified atom stereocenters. The topological polar surface area (TPSA) is 40.6 Å². The van der Waals surface area contributed by atoms with Gasteiger partial charge in [-0.2, -0.15) is 0 Å². The Labute approximate surface area is 107 Å². The van der Waals surface area contributed by atoms with E-state index in [4.69, 9.17) is 18.2 Å². The van der Waals surface area contributed by atoms with Gasteiger partial charge < -0.3 is 14.0 Å². The third kappa shape index (κ3) is 2.05. The predicted molar refractivity (Wildman–Crippen MR) is 66.5 cm³/mol. The van der Waals surface area contributed by atoms with Crippen LogP contribution in [0.5, 0.6) is 5.75 Å². The Hall–Kier alpha value is -1.07. The highest BCUT2D eigenvalue weighted by molar-refractivity contribution is 6.63. The Morgan fingerprint density at radius 3 is 2.41 bits per heavy atom. The number of aromatic nitrogens is 1. The van der Waals surface area contributed by atoms with Crippen LogP contribution in [-0.4, -0.2) is 30.4 Å². The van der Waals surface area contributed by atoms with Crippen LogP contribution in [0.4, 0.5) is 0 Å². The van der Waals surface area contributed by atoms with E-state index in [1.54, 1.807) is 0 Å². The number of ether oxygens (including phenoxy) is 1. The summed E-state index contributed by atoms with van der Waals surface area (Å²) in [5, 5.41) is 0. The molecule has 0 bridgehead atoms. The van der Waals surface area contributed by atoms with Gasteiger partial charge in [0, 0.05) is 17.8 Å². The number of methoxy groups -OCH3 is 1. The van der Waals surface area contributed by atoms with Gasteiger partial charge in [0.1, 0.15) is 5.75 Å². The first-order valence-corrected chi connectivity index (χ1v) is 5.48. The average molecular weight is 238 g/mol. The largest absolute Gasteiger partial charge is 0.500 e. The Morgan fingerprint density at radius 2 is 1.88 bits per heavy atom. The van der Waals surface area contributed by atoms with E-state index in [0.29, 0.717) is 0 Å². The van der Waals surface area contributed by atoms with Crippen molar-refractivity contribution >= 4 is 12.6 Å². The van der Waals surface area contributed by atoms with Crippen molar-refractivity contribution in [1.29, 1.82) is 0 Å². The van der Waals surface area contributed by atoms with Gasteiger partial charge in [0.05, 0.1) is 22.4 Å². The summed E-state index contributed by atoms with van der Waals surface area (Å²) in [5.74, 6) is 0.105. The summed E-state index contributed by atoms with van der Waals surface area (Å²) in [6.45, 7) is 7.60. The molecule has 0 aromatic carbocycles. The second-order valence-corrected chi connectivity index (χ2v) is 5.00. The molecule has 17 heavy (non-hydrogen) atoms. The Kier molecular flexibility index (Phi) is 2.10. The monoisotopic (exact) mass is 238 g/mol. The van der Waals surface area contributed by atoms with Crippen LogP contribution in [0.15, 0.2) is 18.4 Å².